The molecule has 1 fully saturated rings. The lowest BCUT2D eigenvalue weighted by atomic mass is 10.1. The second-order valence-corrected chi connectivity index (χ2v) is 5.10. The molecule has 2 aliphatic rings. The van der Waals surface area contributed by atoms with Gasteiger partial charge < -0.3 is 5.32 Å². The van der Waals surface area contributed by atoms with E-state index in [4.69, 9.17) is 0 Å². The topological polar surface area (TPSA) is 66.5 Å². The molecule has 0 spiro atoms. The van der Waals surface area contributed by atoms with Gasteiger partial charge in [0.05, 0.1) is 11.3 Å². The van der Waals surface area contributed by atoms with Gasteiger partial charge in [0.1, 0.15) is 12.4 Å². The second-order valence-electron chi connectivity index (χ2n) is 5.10. The number of ketones is 1. The Morgan fingerprint density at radius 2 is 2.10 bits per heavy atom. The molecule has 0 saturated heterocycles. The summed E-state index contributed by atoms with van der Waals surface area (Å²) in [7, 11) is 0. The molecule has 20 heavy (non-hydrogen) atoms. The van der Waals surface area contributed by atoms with Crippen molar-refractivity contribution in [3.63, 3.8) is 0 Å². The van der Waals surface area contributed by atoms with Crippen LogP contribution in [0.4, 0.5) is 10.1 Å². The average Bonchev–Trinajstić information content (AvgIpc) is 3.22. The van der Waals surface area contributed by atoms with Crippen LogP contribution < -0.4 is 10.2 Å². The van der Waals surface area contributed by atoms with Crippen molar-refractivity contribution in [1.29, 1.82) is 0 Å². The minimum absolute atomic E-state index is 0.0185. The lowest BCUT2D eigenvalue weighted by molar-refractivity contribution is -0.122. The zero-order chi connectivity index (χ0) is 14.3. The van der Waals surface area contributed by atoms with E-state index < -0.39 is 17.5 Å². The number of nitrogens with zero attached hydrogens (tertiary/aromatic N) is 1. The first-order valence-corrected chi connectivity index (χ1v) is 6.49. The van der Waals surface area contributed by atoms with E-state index in [9.17, 15) is 18.8 Å². The van der Waals surface area contributed by atoms with Crippen LogP contribution in [-0.4, -0.2) is 30.7 Å². The van der Waals surface area contributed by atoms with Crippen molar-refractivity contribution < 1.29 is 18.8 Å². The maximum atomic E-state index is 13.8. The van der Waals surface area contributed by atoms with E-state index in [1.54, 1.807) is 0 Å². The molecule has 1 heterocycles. The third-order valence-corrected chi connectivity index (χ3v) is 3.53. The molecule has 1 N–H and O–H groups in total. The number of rotatable bonds is 4. The molecule has 1 aliphatic carbocycles. The highest BCUT2D eigenvalue weighted by molar-refractivity contribution is 6.52. The molecule has 3 rings (SSSR count). The first-order valence-electron chi connectivity index (χ1n) is 6.49. The van der Waals surface area contributed by atoms with E-state index in [-0.39, 0.29) is 23.7 Å². The van der Waals surface area contributed by atoms with E-state index in [1.807, 2.05) is 0 Å². The van der Waals surface area contributed by atoms with Gasteiger partial charge in [-0.1, -0.05) is 6.07 Å². The van der Waals surface area contributed by atoms with Gasteiger partial charge >= 0.3 is 0 Å². The van der Waals surface area contributed by atoms with Crippen molar-refractivity contribution in [3.05, 3.63) is 29.6 Å². The van der Waals surface area contributed by atoms with Gasteiger partial charge in [-0.3, -0.25) is 19.3 Å². The Bertz CT molecular complexity index is 610. The number of Topliss-reactive ketones (excluding diaryl/α,β-unsaturated/α-hetero) is 1. The Hall–Kier alpha value is -2.24. The fourth-order valence-corrected chi connectivity index (χ4v) is 2.24. The van der Waals surface area contributed by atoms with Crippen LogP contribution in [0.2, 0.25) is 0 Å². The average molecular weight is 276 g/mol. The molecule has 1 saturated carbocycles. The summed E-state index contributed by atoms with van der Waals surface area (Å²) in [5.41, 5.74) is -0.0749. The molecule has 0 atom stereocenters. The van der Waals surface area contributed by atoms with Crippen LogP contribution >= 0.6 is 0 Å². The number of amides is 2. The molecule has 104 valence electrons. The van der Waals surface area contributed by atoms with Gasteiger partial charge in [0.2, 0.25) is 5.91 Å². The van der Waals surface area contributed by atoms with Gasteiger partial charge in [-0.05, 0) is 30.9 Å². The summed E-state index contributed by atoms with van der Waals surface area (Å²) in [6, 6.07) is 3.93. The van der Waals surface area contributed by atoms with Crippen molar-refractivity contribution in [2.75, 3.05) is 18.0 Å². The van der Waals surface area contributed by atoms with Crippen molar-refractivity contribution >= 4 is 23.3 Å². The van der Waals surface area contributed by atoms with Gasteiger partial charge in [-0.25, -0.2) is 4.39 Å². The number of para-hydroxylation sites is 1. The van der Waals surface area contributed by atoms with Crippen LogP contribution in [0.5, 0.6) is 0 Å². The van der Waals surface area contributed by atoms with Crippen LogP contribution in [-0.2, 0) is 9.59 Å². The van der Waals surface area contributed by atoms with Crippen LogP contribution in [0.1, 0.15) is 23.2 Å². The molecule has 5 nitrogen and oxygen atoms in total. The summed E-state index contributed by atoms with van der Waals surface area (Å²) < 4.78 is 13.8. The molecule has 2 amide bonds. The Morgan fingerprint density at radius 1 is 1.35 bits per heavy atom. The summed E-state index contributed by atoms with van der Waals surface area (Å²) in [6.07, 6.45) is 2.19. The molecular formula is C14H13FN2O3. The number of anilines is 1. The summed E-state index contributed by atoms with van der Waals surface area (Å²) >= 11 is 0. The largest absolute Gasteiger partial charge is 0.354 e. The number of carbonyl (C=O) groups excluding carboxylic acids is 3. The van der Waals surface area contributed by atoms with E-state index >= 15 is 0 Å². The van der Waals surface area contributed by atoms with Crippen LogP contribution in [0.15, 0.2) is 18.2 Å². The van der Waals surface area contributed by atoms with Gasteiger partial charge in [0.25, 0.3) is 11.7 Å². The lowest BCUT2D eigenvalue weighted by Crippen LogP contribution is -2.41. The third-order valence-electron chi connectivity index (χ3n) is 3.53. The van der Waals surface area contributed by atoms with E-state index in [0.29, 0.717) is 12.5 Å². The minimum atomic E-state index is -0.855. The van der Waals surface area contributed by atoms with Crippen LogP contribution in [0.3, 0.4) is 0 Å². The normalized spacial score (nSPS) is 17.4. The van der Waals surface area contributed by atoms with Gasteiger partial charge in [-0.2, -0.15) is 0 Å². The van der Waals surface area contributed by atoms with E-state index in [2.05, 4.69) is 5.32 Å². The maximum Gasteiger partial charge on any atom is 0.300 e. The van der Waals surface area contributed by atoms with E-state index in [1.165, 1.54) is 18.2 Å². The summed E-state index contributed by atoms with van der Waals surface area (Å²) in [4.78, 5) is 36.2. The molecule has 1 aromatic rings. The zero-order valence-corrected chi connectivity index (χ0v) is 10.7. The Balaban J connectivity index is 1.77. The molecule has 0 radical (unpaired) electrons. The predicted molar refractivity (Wildman–Crippen MR) is 68.8 cm³/mol. The van der Waals surface area contributed by atoms with Gasteiger partial charge in [0, 0.05) is 6.54 Å². The molecule has 6 heteroatoms. The summed E-state index contributed by atoms with van der Waals surface area (Å²) in [5, 5.41) is 2.69. The molecule has 0 bridgehead atoms. The number of halogens is 1. The smallest absolute Gasteiger partial charge is 0.300 e. The maximum absolute atomic E-state index is 13.8. The monoisotopic (exact) mass is 276 g/mol. The number of hydrogen-bond donors (Lipinski definition) is 1. The fraction of sp³-hybridized carbons (Fsp3) is 0.357. The highest BCUT2D eigenvalue weighted by Crippen LogP contribution is 2.31. The van der Waals surface area contributed by atoms with Crippen molar-refractivity contribution in [2.24, 2.45) is 5.92 Å². The Kier molecular flexibility index (Phi) is 3.00. The summed E-state index contributed by atoms with van der Waals surface area (Å²) in [5.74, 6) is -2.16. The second kappa shape index (κ2) is 4.70. The Morgan fingerprint density at radius 3 is 2.80 bits per heavy atom. The van der Waals surface area contributed by atoms with Crippen LogP contribution in [0.25, 0.3) is 0 Å². The number of carbonyl (C=O) groups is 3. The minimum Gasteiger partial charge on any atom is -0.354 e. The van der Waals surface area contributed by atoms with E-state index in [0.717, 1.165) is 17.7 Å². The quantitative estimate of drug-likeness (QED) is 0.830. The van der Waals surface area contributed by atoms with Crippen molar-refractivity contribution in [2.45, 2.75) is 12.8 Å². The fourth-order valence-electron chi connectivity index (χ4n) is 2.24. The standard InChI is InChI=1S/C14H13FN2O3/c15-10-3-1-2-9-12(10)17(14(20)13(9)19)7-11(18)16-6-8-4-5-8/h1-3,8H,4-7H2,(H,16,18). The zero-order valence-electron chi connectivity index (χ0n) is 10.7. The third kappa shape index (κ3) is 2.17. The van der Waals surface area contributed by atoms with Crippen molar-refractivity contribution in [1.82, 2.24) is 5.32 Å². The van der Waals surface area contributed by atoms with Crippen molar-refractivity contribution in [3.8, 4) is 0 Å². The first-order chi connectivity index (χ1) is 9.58. The SMILES string of the molecule is O=C(CN1C(=O)C(=O)c2cccc(F)c21)NCC1CC1. The molecule has 0 aromatic heterocycles. The number of hydrogen-bond acceptors (Lipinski definition) is 3. The molecule has 0 unspecified atom stereocenters. The van der Waals surface area contributed by atoms with Gasteiger partial charge in [-0.15, -0.1) is 0 Å². The molecule has 1 aliphatic heterocycles. The number of fused-ring (bicyclic) bond motifs is 1. The summed E-state index contributed by atoms with van der Waals surface area (Å²) in [6.45, 7) is 0.240. The van der Waals surface area contributed by atoms with Crippen LogP contribution in [0, 0.1) is 11.7 Å². The molecular weight excluding hydrogens is 263 g/mol. The number of nitrogens with one attached hydrogen (secondary N) is 1. The predicted octanol–water partition coefficient (Wildman–Crippen LogP) is 0.881. The first kappa shape index (κ1) is 12.8. The number of benzene rings is 1. The molecule has 1 aromatic carbocycles. The Labute approximate surface area is 114 Å². The van der Waals surface area contributed by atoms with Gasteiger partial charge in [0.15, 0.2) is 0 Å². The highest BCUT2D eigenvalue weighted by atomic mass is 19.1. The lowest BCUT2D eigenvalue weighted by Gasteiger charge is -2.16. The highest BCUT2D eigenvalue weighted by Gasteiger charge is 2.38.